The van der Waals surface area contributed by atoms with E-state index in [0.717, 1.165) is 55.1 Å². The zero-order valence-corrected chi connectivity index (χ0v) is 27.3. The molecule has 3 aliphatic heterocycles. The predicted molar refractivity (Wildman–Crippen MR) is 180 cm³/mol. The van der Waals surface area contributed by atoms with E-state index < -0.39 is 0 Å². The maximum atomic E-state index is 13.8. The van der Waals surface area contributed by atoms with Crippen molar-refractivity contribution in [2.24, 2.45) is 0 Å². The van der Waals surface area contributed by atoms with Gasteiger partial charge in [-0.2, -0.15) is 15.1 Å². The van der Waals surface area contributed by atoms with E-state index in [0.29, 0.717) is 50.9 Å². The van der Waals surface area contributed by atoms with Gasteiger partial charge < -0.3 is 34.2 Å². The monoisotopic (exact) mass is 654 g/mol. The summed E-state index contributed by atoms with van der Waals surface area (Å²) in [6.45, 7) is 4.35. The standard InChI is InChI=1S/C35H42N8O5/c1-40-15-8-11-26(40)24-47-34-38-29(33(44)37-28-12-7-13-30-27(28)22-36-43(30)32-14-5-6-20-46-32)21-31(39-34)41-16-18-42(19-17-41)35(45)48-23-25-9-3-2-4-10-25/h2-4,7,9-10,12-13,21-22,26,32H,5-6,8,11,14-20,23-24H2,1H3,(H,37,44)/t26-,32?/m0/s1. The third-order valence-electron chi connectivity index (χ3n) is 9.39. The largest absolute Gasteiger partial charge is 0.462 e. The fourth-order valence-corrected chi connectivity index (χ4v) is 6.56. The second kappa shape index (κ2) is 14.6. The molecule has 1 N–H and O–H groups in total. The number of nitrogens with one attached hydrogen (secondary N) is 1. The number of anilines is 2. The van der Waals surface area contributed by atoms with Crippen molar-refractivity contribution in [1.29, 1.82) is 0 Å². The van der Waals surface area contributed by atoms with Gasteiger partial charge in [-0.05, 0) is 63.4 Å². The van der Waals surface area contributed by atoms with Gasteiger partial charge in [0.1, 0.15) is 24.7 Å². The normalized spacial score (nSPS) is 20.2. The Balaban J connectivity index is 1.07. The first-order chi connectivity index (χ1) is 23.5. The number of benzene rings is 2. The van der Waals surface area contributed by atoms with Gasteiger partial charge in [-0.15, -0.1) is 0 Å². The van der Waals surface area contributed by atoms with Gasteiger partial charge in [-0.3, -0.25) is 4.79 Å². The predicted octanol–water partition coefficient (Wildman–Crippen LogP) is 4.71. The molecule has 48 heavy (non-hydrogen) atoms. The van der Waals surface area contributed by atoms with Crippen molar-refractivity contribution in [2.45, 2.75) is 51.0 Å². The van der Waals surface area contributed by atoms with Crippen LogP contribution in [0, 0.1) is 0 Å². The zero-order chi connectivity index (χ0) is 32.9. The summed E-state index contributed by atoms with van der Waals surface area (Å²) in [5.74, 6) is 0.196. The summed E-state index contributed by atoms with van der Waals surface area (Å²) in [6, 6.07) is 17.5. The minimum Gasteiger partial charge on any atom is -0.462 e. The average Bonchev–Trinajstić information content (AvgIpc) is 3.77. The van der Waals surface area contributed by atoms with E-state index in [4.69, 9.17) is 19.2 Å². The number of nitrogens with zero attached hydrogens (tertiary/aromatic N) is 7. The van der Waals surface area contributed by atoms with Crippen LogP contribution < -0.4 is 15.0 Å². The zero-order valence-electron chi connectivity index (χ0n) is 27.3. The maximum absolute atomic E-state index is 13.8. The number of rotatable bonds is 9. The Bertz CT molecular complexity index is 1720. The molecule has 3 aliphatic rings. The summed E-state index contributed by atoms with van der Waals surface area (Å²) in [6.07, 6.45) is 6.51. The third kappa shape index (κ3) is 7.21. The molecule has 0 bridgehead atoms. The molecule has 5 heterocycles. The molecular weight excluding hydrogens is 612 g/mol. The number of ether oxygens (including phenoxy) is 3. The van der Waals surface area contributed by atoms with Gasteiger partial charge in [0, 0.05) is 50.3 Å². The van der Waals surface area contributed by atoms with Crippen LogP contribution in [-0.2, 0) is 16.1 Å². The smallest absolute Gasteiger partial charge is 0.410 e. The van der Waals surface area contributed by atoms with Crippen molar-refractivity contribution < 1.29 is 23.8 Å². The van der Waals surface area contributed by atoms with Crippen LogP contribution in [0.15, 0.2) is 60.8 Å². The SMILES string of the molecule is CN1CCC[C@H]1COc1nc(C(=O)Nc2cccc3c2cnn3C2CCCCO2)cc(N2CCN(C(=O)OCc3ccccc3)CC2)n1. The Labute approximate surface area is 279 Å². The molecule has 0 aliphatic carbocycles. The van der Waals surface area contributed by atoms with Crippen LogP contribution in [0.2, 0.25) is 0 Å². The van der Waals surface area contributed by atoms with Crippen molar-refractivity contribution in [3.63, 3.8) is 0 Å². The highest BCUT2D eigenvalue weighted by Gasteiger charge is 2.27. The highest BCUT2D eigenvalue weighted by molar-refractivity contribution is 6.08. The molecule has 13 heteroatoms. The molecule has 3 saturated heterocycles. The molecule has 3 fully saturated rings. The number of carbonyl (C=O) groups excluding carboxylic acids is 2. The molecule has 7 rings (SSSR count). The molecule has 2 aromatic carbocycles. The van der Waals surface area contributed by atoms with Crippen molar-refractivity contribution >= 4 is 34.4 Å². The third-order valence-corrected chi connectivity index (χ3v) is 9.39. The number of piperazine rings is 1. The molecule has 1 unspecified atom stereocenters. The number of aromatic nitrogens is 4. The summed E-state index contributed by atoms with van der Waals surface area (Å²) >= 11 is 0. The molecule has 0 spiro atoms. The maximum Gasteiger partial charge on any atom is 0.410 e. The van der Waals surface area contributed by atoms with Crippen LogP contribution in [0.4, 0.5) is 16.3 Å². The van der Waals surface area contributed by atoms with Gasteiger partial charge in [-0.25, -0.2) is 9.48 Å². The molecule has 2 amide bonds. The summed E-state index contributed by atoms with van der Waals surface area (Å²) < 4.78 is 19.5. The van der Waals surface area contributed by atoms with E-state index in [1.165, 1.54) is 0 Å². The molecule has 252 valence electrons. The van der Waals surface area contributed by atoms with Gasteiger partial charge in [0.2, 0.25) is 0 Å². The lowest BCUT2D eigenvalue weighted by molar-refractivity contribution is -0.0366. The Morgan fingerprint density at radius 2 is 1.81 bits per heavy atom. The molecule has 2 atom stereocenters. The topological polar surface area (TPSA) is 127 Å². The number of fused-ring (bicyclic) bond motifs is 1. The van der Waals surface area contributed by atoms with Gasteiger partial charge in [0.05, 0.1) is 17.4 Å². The Kier molecular flexibility index (Phi) is 9.66. The Morgan fingerprint density at radius 1 is 0.958 bits per heavy atom. The average molecular weight is 655 g/mol. The quantitative estimate of drug-likeness (QED) is 0.271. The second-order valence-corrected chi connectivity index (χ2v) is 12.6. The number of amides is 2. The van der Waals surface area contributed by atoms with Crippen molar-refractivity contribution in [3.8, 4) is 6.01 Å². The summed E-state index contributed by atoms with van der Waals surface area (Å²) in [4.78, 5) is 41.8. The fourth-order valence-electron chi connectivity index (χ4n) is 6.56. The van der Waals surface area contributed by atoms with Crippen LogP contribution in [0.5, 0.6) is 6.01 Å². The number of hydrogen-bond acceptors (Lipinski definition) is 10. The first kappa shape index (κ1) is 31.8. The first-order valence-electron chi connectivity index (χ1n) is 16.8. The molecule has 4 aromatic rings. The van der Waals surface area contributed by atoms with Crippen molar-refractivity contribution in [2.75, 3.05) is 63.2 Å². The van der Waals surface area contributed by atoms with E-state index in [2.05, 4.69) is 27.3 Å². The van der Waals surface area contributed by atoms with Crippen LogP contribution in [0.3, 0.4) is 0 Å². The number of likely N-dealkylation sites (tertiary alicyclic amines) is 1. The van der Waals surface area contributed by atoms with E-state index in [1.54, 1.807) is 17.2 Å². The van der Waals surface area contributed by atoms with Gasteiger partial charge >= 0.3 is 12.1 Å². The molecule has 13 nitrogen and oxygen atoms in total. The number of hydrogen-bond donors (Lipinski definition) is 1. The molecular formula is C35H42N8O5. The van der Waals surface area contributed by atoms with E-state index in [1.807, 2.05) is 58.1 Å². The second-order valence-electron chi connectivity index (χ2n) is 12.6. The fraction of sp³-hybridized carbons (Fsp3) is 0.457. The van der Waals surface area contributed by atoms with Gasteiger partial charge in [0.25, 0.3) is 5.91 Å². The number of likely N-dealkylation sites (N-methyl/N-ethyl adjacent to an activating group) is 1. The number of carbonyl (C=O) groups is 2. The van der Waals surface area contributed by atoms with Crippen molar-refractivity contribution in [3.05, 3.63) is 72.1 Å². The first-order valence-corrected chi connectivity index (χ1v) is 16.8. The lowest BCUT2D eigenvalue weighted by atomic mass is 10.1. The van der Waals surface area contributed by atoms with Crippen LogP contribution in [0.25, 0.3) is 10.9 Å². The summed E-state index contributed by atoms with van der Waals surface area (Å²) in [5.41, 5.74) is 2.67. The molecule has 2 aromatic heterocycles. The Morgan fingerprint density at radius 3 is 2.58 bits per heavy atom. The lowest BCUT2D eigenvalue weighted by Crippen LogP contribution is -2.49. The van der Waals surface area contributed by atoms with Gasteiger partial charge in [-0.1, -0.05) is 36.4 Å². The summed E-state index contributed by atoms with van der Waals surface area (Å²) in [7, 11) is 2.09. The Hall–Kier alpha value is -4.75. The molecule has 0 saturated carbocycles. The van der Waals surface area contributed by atoms with Crippen LogP contribution >= 0.6 is 0 Å². The van der Waals surface area contributed by atoms with Crippen LogP contribution in [-0.4, -0.2) is 101 Å². The van der Waals surface area contributed by atoms with E-state index in [-0.39, 0.29) is 42.6 Å². The van der Waals surface area contributed by atoms with E-state index in [9.17, 15) is 9.59 Å². The highest BCUT2D eigenvalue weighted by Crippen LogP contribution is 2.30. The minimum atomic E-state index is -0.376. The van der Waals surface area contributed by atoms with Crippen LogP contribution in [0.1, 0.15) is 54.4 Å². The molecule has 0 radical (unpaired) electrons. The van der Waals surface area contributed by atoms with Crippen molar-refractivity contribution in [1.82, 2.24) is 29.5 Å². The minimum absolute atomic E-state index is 0.114. The van der Waals surface area contributed by atoms with Gasteiger partial charge in [0.15, 0.2) is 6.23 Å². The lowest BCUT2D eigenvalue weighted by Gasteiger charge is -2.34. The summed E-state index contributed by atoms with van der Waals surface area (Å²) in [5, 5.41) is 8.49. The highest BCUT2D eigenvalue weighted by atomic mass is 16.6. The van der Waals surface area contributed by atoms with E-state index >= 15 is 0 Å².